The molecular weight excluding hydrogens is 378 g/mol. The van der Waals surface area contributed by atoms with Gasteiger partial charge in [-0.2, -0.15) is 5.10 Å². The number of amides is 2. The van der Waals surface area contributed by atoms with E-state index in [9.17, 15) is 9.59 Å². The van der Waals surface area contributed by atoms with Gasteiger partial charge in [-0.1, -0.05) is 48.0 Å². The number of ether oxygens (including phenoxy) is 1. The molecule has 154 valence electrons. The minimum absolute atomic E-state index is 0.0424. The van der Waals surface area contributed by atoms with E-state index in [2.05, 4.69) is 15.8 Å². The number of anilines is 1. The van der Waals surface area contributed by atoms with Crippen molar-refractivity contribution in [2.45, 2.75) is 26.7 Å². The standard InChI is InChI=1S/C24H25N3O3/c1-16-8-10-21(17(2)14-16)26-23(28)12-13-24(29)27-25-15-20-19-7-5-4-6-18(19)9-11-22(20)30-3/h4-11,14-15H,12-13H2,1-3H3,(H,26,28)(H,27,29). The minimum atomic E-state index is -0.332. The molecule has 2 amide bonds. The topological polar surface area (TPSA) is 79.8 Å². The number of hydrogen-bond acceptors (Lipinski definition) is 4. The second-order valence-corrected chi connectivity index (χ2v) is 7.06. The first-order valence-electron chi connectivity index (χ1n) is 9.72. The number of carbonyl (C=O) groups excluding carboxylic acids is 2. The van der Waals surface area contributed by atoms with E-state index >= 15 is 0 Å². The number of hydrazone groups is 1. The van der Waals surface area contributed by atoms with Crippen molar-refractivity contribution in [1.82, 2.24) is 5.43 Å². The lowest BCUT2D eigenvalue weighted by molar-refractivity contribution is -0.124. The Bertz CT molecular complexity index is 1110. The molecule has 6 nitrogen and oxygen atoms in total. The average molecular weight is 403 g/mol. The molecule has 0 aliphatic heterocycles. The third-order valence-electron chi connectivity index (χ3n) is 4.77. The van der Waals surface area contributed by atoms with Crippen molar-refractivity contribution in [2.24, 2.45) is 5.10 Å². The van der Waals surface area contributed by atoms with E-state index in [0.29, 0.717) is 5.75 Å². The van der Waals surface area contributed by atoms with Gasteiger partial charge < -0.3 is 10.1 Å². The Hall–Kier alpha value is -3.67. The summed E-state index contributed by atoms with van der Waals surface area (Å²) >= 11 is 0. The van der Waals surface area contributed by atoms with Crippen LogP contribution in [0, 0.1) is 13.8 Å². The Labute approximate surface area is 175 Å². The first-order chi connectivity index (χ1) is 14.5. The molecule has 6 heteroatoms. The number of benzene rings is 3. The number of methoxy groups -OCH3 is 1. The average Bonchev–Trinajstić information content (AvgIpc) is 2.74. The van der Waals surface area contributed by atoms with E-state index in [0.717, 1.165) is 33.2 Å². The first kappa shape index (κ1) is 21.0. The van der Waals surface area contributed by atoms with Crippen molar-refractivity contribution in [1.29, 1.82) is 0 Å². The van der Waals surface area contributed by atoms with Crippen LogP contribution in [-0.2, 0) is 9.59 Å². The van der Waals surface area contributed by atoms with E-state index in [1.807, 2.05) is 68.4 Å². The molecule has 0 radical (unpaired) electrons. The summed E-state index contributed by atoms with van der Waals surface area (Å²) in [7, 11) is 1.59. The summed E-state index contributed by atoms with van der Waals surface area (Å²) in [6.45, 7) is 3.93. The van der Waals surface area contributed by atoms with Crippen LogP contribution < -0.4 is 15.5 Å². The van der Waals surface area contributed by atoms with Crippen LogP contribution in [0.3, 0.4) is 0 Å². The van der Waals surface area contributed by atoms with E-state index in [4.69, 9.17) is 4.74 Å². The lowest BCUT2D eigenvalue weighted by Crippen LogP contribution is -2.21. The molecule has 0 atom stereocenters. The summed E-state index contributed by atoms with van der Waals surface area (Å²) in [6, 6.07) is 17.5. The molecule has 30 heavy (non-hydrogen) atoms. The van der Waals surface area contributed by atoms with E-state index < -0.39 is 0 Å². The quantitative estimate of drug-likeness (QED) is 0.455. The molecule has 0 saturated heterocycles. The smallest absolute Gasteiger partial charge is 0.240 e. The summed E-state index contributed by atoms with van der Waals surface area (Å²) in [4.78, 5) is 24.2. The monoisotopic (exact) mass is 403 g/mol. The van der Waals surface area contributed by atoms with Gasteiger partial charge in [-0.15, -0.1) is 0 Å². The minimum Gasteiger partial charge on any atom is -0.496 e. The number of rotatable bonds is 7. The predicted octanol–water partition coefficient (Wildman–Crippen LogP) is 4.33. The zero-order valence-corrected chi connectivity index (χ0v) is 17.4. The fourth-order valence-corrected chi connectivity index (χ4v) is 3.21. The number of nitrogens with zero attached hydrogens (tertiary/aromatic N) is 1. The van der Waals surface area contributed by atoms with Crippen molar-refractivity contribution in [3.63, 3.8) is 0 Å². The van der Waals surface area contributed by atoms with Gasteiger partial charge in [0.05, 0.1) is 13.3 Å². The molecule has 3 aromatic carbocycles. The van der Waals surface area contributed by atoms with Crippen molar-refractivity contribution >= 4 is 34.5 Å². The van der Waals surface area contributed by atoms with Crippen LogP contribution in [0.2, 0.25) is 0 Å². The van der Waals surface area contributed by atoms with Crippen LogP contribution in [0.4, 0.5) is 5.69 Å². The molecule has 0 aliphatic carbocycles. The second kappa shape index (κ2) is 9.69. The molecule has 2 N–H and O–H groups in total. The fourth-order valence-electron chi connectivity index (χ4n) is 3.21. The van der Waals surface area contributed by atoms with Crippen molar-refractivity contribution in [2.75, 3.05) is 12.4 Å². The molecule has 0 aromatic heterocycles. The highest BCUT2D eigenvalue weighted by molar-refractivity contribution is 6.02. The molecule has 3 rings (SSSR count). The van der Waals surface area contributed by atoms with Gasteiger partial charge in [0.25, 0.3) is 0 Å². The number of nitrogens with one attached hydrogen (secondary N) is 2. The van der Waals surface area contributed by atoms with Gasteiger partial charge >= 0.3 is 0 Å². The van der Waals surface area contributed by atoms with Gasteiger partial charge in [0.2, 0.25) is 11.8 Å². The molecular formula is C24H25N3O3. The molecule has 0 saturated carbocycles. The Balaban J connectivity index is 1.56. The molecule has 3 aromatic rings. The Morgan fingerprint density at radius 1 is 1.00 bits per heavy atom. The van der Waals surface area contributed by atoms with Gasteiger partial charge in [0, 0.05) is 24.1 Å². The van der Waals surface area contributed by atoms with E-state index in [-0.39, 0.29) is 24.7 Å². The summed E-state index contributed by atoms with van der Waals surface area (Å²) in [5, 5.41) is 8.91. The second-order valence-electron chi connectivity index (χ2n) is 7.06. The number of aryl methyl sites for hydroxylation is 2. The zero-order chi connectivity index (χ0) is 21.5. The number of fused-ring (bicyclic) bond motifs is 1. The molecule has 0 spiro atoms. The molecule has 0 heterocycles. The normalized spacial score (nSPS) is 10.9. The number of hydrogen-bond donors (Lipinski definition) is 2. The third kappa shape index (κ3) is 5.23. The Kier molecular flexibility index (Phi) is 6.80. The van der Waals surface area contributed by atoms with Gasteiger partial charge in [-0.05, 0) is 42.3 Å². The van der Waals surface area contributed by atoms with Crippen molar-refractivity contribution in [3.05, 3.63) is 71.3 Å². The van der Waals surface area contributed by atoms with Crippen LogP contribution >= 0.6 is 0 Å². The highest BCUT2D eigenvalue weighted by Gasteiger charge is 2.09. The van der Waals surface area contributed by atoms with Crippen LogP contribution in [0.5, 0.6) is 5.75 Å². The maximum atomic E-state index is 12.1. The highest BCUT2D eigenvalue weighted by Crippen LogP contribution is 2.26. The first-order valence-corrected chi connectivity index (χ1v) is 9.72. The van der Waals surface area contributed by atoms with Crippen molar-refractivity contribution in [3.8, 4) is 5.75 Å². The van der Waals surface area contributed by atoms with Gasteiger partial charge in [-0.25, -0.2) is 5.43 Å². The zero-order valence-electron chi connectivity index (χ0n) is 17.4. The van der Waals surface area contributed by atoms with E-state index in [1.165, 1.54) is 0 Å². The summed E-state index contributed by atoms with van der Waals surface area (Å²) < 4.78 is 5.41. The maximum Gasteiger partial charge on any atom is 0.240 e. The van der Waals surface area contributed by atoms with Crippen LogP contribution in [0.25, 0.3) is 10.8 Å². The Morgan fingerprint density at radius 3 is 2.53 bits per heavy atom. The van der Waals surface area contributed by atoms with Crippen LogP contribution in [-0.4, -0.2) is 25.1 Å². The fraction of sp³-hybridized carbons (Fsp3) is 0.208. The highest BCUT2D eigenvalue weighted by atomic mass is 16.5. The van der Waals surface area contributed by atoms with Gasteiger partial charge in [0.15, 0.2) is 0 Å². The molecule has 0 bridgehead atoms. The third-order valence-corrected chi connectivity index (χ3v) is 4.77. The number of carbonyl (C=O) groups is 2. The van der Waals surface area contributed by atoms with Crippen LogP contribution in [0.15, 0.2) is 59.7 Å². The lowest BCUT2D eigenvalue weighted by Gasteiger charge is -2.09. The summed E-state index contributed by atoms with van der Waals surface area (Å²) in [6.07, 6.45) is 1.68. The summed E-state index contributed by atoms with van der Waals surface area (Å²) in [5.74, 6) is 0.123. The summed E-state index contributed by atoms with van der Waals surface area (Å²) in [5.41, 5.74) is 6.14. The van der Waals surface area contributed by atoms with Gasteiger partial charge in [0.1, 0.15) is 5.75 Å². The van der Waals surface area contributed by atoms with Crippen molar-refractivity contribution < 1.29 is 14.3 Å². The SMILES string of the molecule is COc1ccc2ccccc2c1C=NNC(=O)CCC(=O)Nc1ccc(C)cc1C. The molecule has 0 aliphatic rings. The van der Waals surface area contributed by atoms with Gasteiger partial charge in [-0.3, -0.25) is 9.59 Å². The maximum absolute atomic E-state index is 12.1. The van der Waals surface area contributed by atoms with E-state index in [1.54, 1.807) is 13.3 Å². The van der Waals surface area contributed by atoms with Crippen LogP contribution in [0.1, 0.15) is 29.5 Å². The molecule has 0 fully saturated rings. The largest absolute Gasteiger partial charge is 0.496 e. The molecule has 0 unspecified atom stereocenters. The predicted molar refractivity (Wildman–Crippen MR) is 120 cm³/mol. The Morgan fingerprint density at radius 2 is 1.77 bits per heavy atom. The lowest BCUT2D eigenvalue weighted by atomic mass is 10.0.